The van der Waals surface area contributed by atoms with Crippen molar-refractivity contribution in [2.75, 3.05) is 13.6 Å². The molecule has 3 nitrogen and oxygen atoms in total. The molecule has 3 unspecified atom stereocenters. The Balaban J connectivity index is 1.96. The van der Waals surface area contributed by atoms with Gasteiger partial charge in [-0.3, -0.25) is 9.88 Å². The maximum Gasteiger partial charge on any atom is 0.0543 e. The molecule has 106 valence electrons. The number of hydrogen-bond acceptors (Lipinski definition) is 3. The van der Waals surface area contributed by atoms with Crippen molar-refractivity contribution in [3.8, 4) is 0 Å². The Hall–Kier alpha value is -0.930. The summed E-state index contributed by atoms with van der Waals surface area (Å²) in [5.74, 6) is 1.61. The summed E-state index contributed by atoms with van der Waals surface area (Å²) in [5, 5.41) is 0. The molecule has 2 rings (SSSR count). The van der Waals surface area contributed by atoms with Crippen LogP contribution in [-0.2, 0) is 6.54 Å². The average molecular weight is 261 g/mol. The zero-order valence-electron chi connectivity index (χ0n) is 12.3. The monoisotopic (exact) mass is 261 g/mol. The van der Waals surface area contributed by atoms with Crippen LogP contribution in [0, 0.1) is 11.8 Å². The van der Waals surface area contributed by atoms with Crippen LogP contribution in [0.4, 0.5) is 0 Å². The molecule has 19 heavy (non-hydrogen) atoms. The van der Waals surface area contributed by atoms with E-state index in [1.807, 2.05) is 12.3 Å². The Bertz CT molecular complexity index is 366. The van der Waals surface area contributed by atoms with Gasteiger partial charge in [-0.25, -0.2) is 0 Å². The lowest BCUT2D eigenvalue weighted by atomic mass is 9.78. The Morgan fingerprint density at radius 2 is 2.26 bits per heavy atom. The molecule has 3 atom stereocenters. The Kier molecular flexibility index (Phi) is 5.34. The first-order valence-corrected chi connectivity index (χ1v) is 7.51. The summed E-state index contributed by atoms with van der Waals surface area (Å²) < 4.78 is 0. The van der Waals surface area contributed by atoms with Gasteiger partial charge in [-0.05, 0) is 43.9 Å². The van der Waals surface area contributed by atoms with Gasteiger partial charge in [0.15, 0.2) is 0 Å². The third-order valence-corrected chi connectivity index (χ3v) is 4.47. The Labute approximate surface area is 117 Å². The molecule has 3 heteroatoms. The summed E-state index contributed by atoms with van der Waals surface area (Å²) in [5.41, 5.74) is 7.17. The lowest BCUT2D eigenvalue weighted by Crippen LogP contribution is -2.44. The van der Waals surface area contributed by atoms with E-state index in [2.05, 4.69) is 36.0 Å². The van der Waals surface area contributed by atoms with Crippen molar-refractivity contribution in [3.63, 3.8) is 0 Å². The van der Waals surface area contributed by atoms with E-state index < -0.39 is 0 Å². The molecular formula is C16H27N3. The molecule has 0 saturated heterocycles. The number of hydrogen-bond donors (Lipinski definition) is 1. The molecule has 1 saturated carbocycles. The smallest absolute Gasteiger partial charge is 0.0543 e. The van der Waals surface area contributed by atoms with E-state index in [0.717, 1.165) is 30.6 Å². The van der Waals surface area contributed by atoms with Crippen LogP contribution in [-0.4, -0.2) is 29.5 Å². The number of rotatable bonds is 5. The highest BCUT2D eigenvalue weighted by molar-refractivity contribution is 5.03. The van der Waals surface area contributed by atoms with E-state index in [9.17, 15) is 0 Å². The second kappa shape index (κ2) is 7.01. The van der Waals surface area contributed by atoms with Crippen LogP contribution < -0.4 is 5.73 Å². The van der Waals surface area contributed by atoms with Crippen molar-refractivity contribution in [1.29, 1.82) is 0 Å². The molecular weight excluding hydrogens is 234 g/mol. The first-order valence-electron chi connectivity index (χ1n) is 7.51. The van der Waals surface area contributed by atoms with E-state index in [4.69, 9.17) is 5.73 Å². The van der Waals surface area contributed by atoms with Gasteiger partial charge >= 0.3 is 0 Å². The van der Waals surface area contributed by atoms with Crippen molar-refractivity contribution in [2.24, 2.45) is 17.6 Å². The molecule has 0 spiro atoms. The first-order chi connectivity index (χ1) is 9.20. The minimum atomic E-state index is 0.491. The van der Waals surface area contributed by atoms with Gasteiger partial charge in [0, 0.05) is 25.3 Å². The van der Waals surface area contributed by atoms with Crippen LogP contribution in [0.2, 0.25) is 0 Å². The SMILES string of the molecule is CC1CCCC(C(CN)N(C)Cc2ccccn2)C1. The second-order valence-electron chi connectivity index (χ2n) is 6.07. The topological polar surface area (TPSA) is 42.1 Å². The molecule has 1 fully saturated rings. The number of nitrogens with zero attached hydrogens (tertiary/aromatic N) is 2. The predicted molar refractivity (Wildman–Crippen MR) is 79.7 cm³/mol. The van der Waals surface area contributed by atoms with Gasteiger partial charge in [-0.1, -0.05) is 25.8 Å². The number of pyridine rings is 1. The highest BCUT2D eigenvalue weighted by atomic mass is 15.1. The zero-order chi connectivity index (χ0) is 13.7. The standard InChI is InChI=1S/C16H27N3/c1-13-6-5-7-14(10-13)16(11-17)19(2)12-15-8-3-4-9-18-15/h3-4,8-9,13-14,16H,5-7,10-12,17H2,1-2H3. The first kappa shape index (κ1) is 14.5. The summed E-state index contributed by atoms with van der Waals surface area (Å²) in [6.07, 6.45) is 7.27. The third kappa shape index (κ3) is 4.02. The van der Waals surface area contributed by atoms with E-state index in [0.29, 0.717) is 6.04 Å². The Morgan fingerprint density at radius 3 is 2.89 bits per heavy atom. The van der Waals surface area contributed by atoms with Crippen LogP contribution in [0.5, 0.6) is 0 Å². The summed E-state index contributed by atoms with van der Waals surface area (Å²) in [6.45, 7) is 4.02. The van der Waals surface area contributed by atoms with Crippen LogP contribution in [0.25, 0.3) is 0 Å². The average Bonchev–Trinajstić information content (AvgIpc) is 2.41. The molecule has 1 aromatic heterocycles. The normalized spacial score (nSPS) is 25.5. The molecule has 1 aliphatic rings. The highest BCUT2D eigenvalue weighted by Gasteiger charge is 2.28. The van der Waals surface area contributed by atoms with Gasteiger partial charge in [0.25, 0.3) is 0 Å². The molecule has 1 aromatic rings. The lowest BCUT2D eigenvalue weighted by molar-refractivity contribution is 0.124. The van der Waals surface area contributed by atoms with Gasteiger partial charge in [-0.2, -0.15) is 0 Å². The minimum absolute atomic E-state index is 0.491. The van der Waals surface area contributed by atoms with E-state index >= 15 is 0 Å². The minimum Gasteiger partial charge on any atom is -0.329 e. The Morgan fingerprint density at radius 1 is 1.42 bits per heavy atom. The number of aromatic nitrogens is 1. The zero-order valence-corrected chi connectivity index (χ0v) is 12.3. The number of nitrogens with two attached hydrogens (primary N) is 1. The third-order valence-electron chi connectivity index (χ3n) is 4.47. The van der Waals surface area contributed by atoms with Crippen molar-refractivity contribution in [3.05, 3.63) is 30.1 Å². The van der Waals surface area contributed by atoms with Crippen LogP contribution >= 0.6 is 0 Å². The largest absolute Gasteiger partial charge is 0.329 e. The quantitative estimate of drug-likeness (QED) is 0.886. The number of likely N-dealkylation sites (N-methyl/N-ethyl adjacent to an activating group) is 1. The van der Waals surface area contributed by atoms with E-state index in [1.54, 1.807) is 0 Å². The molecule has 0 aromatic carbocycles. The fourth-order valence-electron chi connectivity index (χ4n) is 3.43. The lowest BCUT2D eigenvalue weighted by Gasteiger charge is -2.37. The molecule has 1 heterocycles. The molecule has 0 bridgehead atoms. The van der Waals surface area contributed by atoms with Gasteiger partial charge in [0.05, 0.1) is 5.69 Å². The maximum atomic E-state index is 6.04. The van der Waals surface area contributed by atoms with Gasteiger partial charge in [0.1, 0.15) is 0 Å². The highest BCUT2D eigenvalue weighted by Crippen LogP contribution is 2.32. The summed E-state index contributed by atoms with van der Waals surface area (Å²) in [6, 6.07) is 6.60. The van der Waals surface area contributed by atoms with Crippen molar-refractivity contribution in [2.45, 2.75) is 45.2 Å². The molecule has 1 aliphatic carbocycles. The van der Waals surface area contributed by atoms with Crippen molar-refractivity contribution < 1.29 is 0 Å². The van der Waals surface area contributed by atoms with Crippen LogP contribution in [0.15, 0.2) is 24.4 Å². The van der Waals surface area contributed by atoms with E-state index in [-0.39, 0.29) is 0 Å². The van der Waals surface area contributed by atoms with Crippen molar-refractivity contribution >= 4 is 0 Å². The molecule has 2 N–H and O–H groups in total. The fourth-order valence-corrected chi connectivity index (χ4v) is 3.43. The fraction of sp³-hybridized carbons (Fsp3) is 0.688. The summed E-state index contributed by atoms with van der Waals surface area (Å²) in [7, 11) is 2.19. The molecule has 0 radical (unpaired) electrons. The van der Waals surface area contributed by atoms with E-state index in [1.165, 1.54) is 25.7 Å². The van der Waals surface area contributed by atoms with Gasteiger partial charge in [-0.15, -0.1) is 0 Å². The van der Waals surface area contributed by atoms with Crippen LogP contribution in [0.3, 0.4) is 0 Å². The molecule has 0 amide bonds. The van der Waals surface area contributed by atoms with Gasteiger partial charge < -0.3 is 5.73 Å². The molecule has 0 aliphatic heterocycles. The predicted octanol–water partition coefficient (Wildman–Crippen LogP) is 2.67. The summed E-state index contributed by atoms with van der Waals surface area (Å²) in [4.78, 5) is 6.81. The van der Waals surface area contributed by atoms with Gasteiger partial charge in [0.2, 0.25) is 0 Å². The van der Waals surface area contributed by atoms with Crippen LogP contribution in [0.1, 0.15) is 38.3 Å². The summed E-state index contributed by atoms with van der Waals surface area (Å²) >= 11 is 0. The van der Waals surface area contributed by atoms with Crippen molar-refractivity contribution in [1.82, 2.24) is 9.88 Å². The second-order valence-corrected chi connectivity index (χ2v) is 6.07. The maximum absolute atomic E-state index is 6.04.